The largest absolute Gasteiger partial charge is 0.481 e. The first kappa shape index (κ1) is 9.00. The minimum Gasteiger partial charge on any atom is -0.481 e. The fourth-order valence-electron chi connectivity index (χ4n) is 0.749. The molecule has 0 fully saturated rings. The Balaban J connectivity index is 3.21. The fourth-order valence-corrected chi connectivity index (χ4v) is 1.46. The average molecular weight is 281 g/mol. The molecule has 1 aromatic rings. The van der Waals surface area contributed by atoms with E-state index in [0.29, 0.717) is 5.88 Å². The molecule has 1 heterocycles. The van der Waals surface area contributed by atoms with Gasteiger partial charge in [0.1, 0.15) is 4.60 Å². The number of halogens is 2. The van der Waals surface area contributed by atoms with Gasteiger partial charge in [0.05, 0.1) is 11.6 Å². The Labute approximate surface area is 82.2 Å². The van der Waals surface area contributed by atoms with Gasteiger partial charge in [-0.05, 0) is 44.8 Å². The quantitative estimate of drug-likeness (QED) is 0.738. The topological polar surface area (TPSA) is 22.1 Å². The number of aromatic nitrogens is 1. The molecule has 11 heavy (non-hydrogen) atoms. The summed E-state index contributed by atoms with van der Waals surface area (Å²) < 4.78 is 6.72. The summed E-state index contributed by atoms with van der Waals surface area (Å²) in [5.41, 5.74) is 1.02. The Bertz CT molecular complexity index is 275. The van der Waals surface area contributed by atoms with Gasteiger partial charge in [0.25, 0.3) is 0 Å². The lowest BCUT2D eigenvalue weighted by molar-refractivity contribution is 0.393. The van der Waals surface area contributed by atoms with Crippen LogP contribution in [-0.4, -0.2) is 12.1 Å². The molecule has 2 nitrogen and oxygen atoms in total. The summed E-state index contributed by atoms with van der Waals surface area (Å²) in [6.07, 6.45) is 0. The van der Waals surface area contributed by atoms with Crippen LogP contribution >= 0.6 is 31.9 Å². The third kappa shape index (κ3) is 1.93. The summed E-state index contributed by atoms with van der Waals surface area (Å²) in [5.74, 6) is 0.653. The van der Waals surface area contributed by atoms with Gasteiger partial charge in [-0.15, -0.1) is 0 Å². The van der Waals surface area contributed by atoms with Crippen LogP contribution in [0.25, 0.3) is 0 Å². The summed E-state index contributed by atoms with van der Waals surface area (Å²) in [6, 6.07) is 1.95. The lowest BCUT2D eigenvalue weighted by Gasteiger charge is -2.04. The first-order chi connectivity index (χ1) is 5.15. The number of hydrogen-bond acceptors (Lipinski definition) is 2. The maximum absolute atomic E-state index is 5.02. The van der Waals surface area contributed by atoms with Gasteiger partial charge < -0.3 is 4.74 Å². The molecule has 0 spiro atoms. The summed E-state index contributed by atoms with van der Waals surface area (Å²) in [7, 11) is 1.61. The predicted octanol–water partition coefficient (Wildman–Crippen LogP) is 2.92. The van der Waals surface area contributed by atoms with Crippen molar-refractivity contribution in [3.8, 4) is 5.88 Å². The molecule has 0 radical (unpaired) electrons. The fraction of sp³-hybridized carbons (Fsp3) is 0.286. The van der Waals surface area contributed by atoms with Crippen LogP contribution in [0.4, 0.5) is 0 Å². The molecule has 0 saturated carbocycles. The zero-order chi connectivity index (χ0) is 8.43. The number of rotatable bonds is 1. The Hall–Kier alpha value is -0.0900. The number of pyridine rings is 1. The van der Waals surface area contributed by atoms with Crippen molar-refractivity contribution in [2.45, 2.75) is 6.92 Å². The maximum atomic E-state index is 5.02. The molecule has 0 aromatic carbocycles. The van der Waals surface area contributed by atoms with E-state index < -0.39 is 0 Å². The monoisotopic (exact) mass is 279 g/mol. The van der Waals surface area contributed by atoms with E-state index in [0.717, 1.165) is 14.6 Å². The van der Waals surface area contributed by atoms with Gasteiger partial charge in [0.2, 0.25) is 5.88 Å². The van der Waals surface area contributed by atoms with Crippen LogP contribution < -0.4 is 4.74 Å². The van der Waals surface area contributed by atoms with Crippen molar-refractivity contribution in [1.82, 2.24) is 4.98 Å². The second kappa shape index (κ2) is 3.54. The van der Waals surface area contributed by atoms with Crippen LogP contribution in [0.3, 0.4) is 0 Å². The van der Waals surface area contributed by atoms with Crippen molar-refractivity contribution in [2.24, 2.45) is 0 Å². The molecule has 0 aliphatic carbocycles. The van der Waals surface area contributed by atoms with E-state index in [4.69, 9.17) is 4.74 Å². The van der Waals surface area contributed by atoms with Gasteiger partial charge in [-0.1, -0.05) is 0 Å². The van der Waals surface area contributed by atoms with Crippen LogP contribution in [0, 0.1) is 6.92 Å². The van der Waals surface area contributed by atoms with Crippen molar-refractivity contribution in [2.75, 3.05) is 7.11 Å². The third-order valence-electron chi connectivity index (χ3n) is 1.27. The molecule has 4 heteroatoms. The lowest BCUT2D eigenvalue weighted by Crippen LogP contribution is -1.91. The van der Waals surface area contributed by atoms with Gasteiger partial charge in [-0.25, -0.2) is 4.98 Å². The normalized spacial score (nSPS) is 9.82. The summed E-state index contributed by atoms with van der Waals surface area (Å²) in [6.45, 7) is 1.95. The van der Waals surface area contributed by atoms with Crippen molar-refractivity contribution in [3.05, 3.63) is 20.7 Å². The number of aryl methyl sites for hydroxylation is 1. The zero-order valence-electron chi connectivity index (χ0n) is 6.19. The van der Waals surface area contributed by atoms with E-state index in [1.165, 1.54) is 0 Å². The molecule has 0 aliphatic rings. The van der Waals surface area contributed by atoms with Crippen LogP contribution in [-0.2, 0) is 0 Å². The van der Waals surface area contributed by atoms with Gasteiger partial charge in [0, 0.05) is 5.56 Å². The third-order valence-corrected chi connectivity index (χ3v) is 3.01. The molecule has 0 atom stereocenters. The highest BCUT2D eigenvalue weighted by Gasteiger charge is 2.04. The Kier molecular flexibility index (Phi) is 2.90. The Morgan fingerprint density at radius 1 is 1.45 bits per heavy atom. The van der Waals surface area contributed by atoms with E-state index in [9.17, 15) is 0 Å². The Morgan fingerprint density at radius 2 is 2.09 bits per heavy atom. The first-order valence-corrected chi connectivity index (χ1v) is 4.60. The number of nitrogens with zero attached hydrogens (tertiary/aromatic N) is 1. The van der Waals surface area contributed by atoms with Crippen LogP contribution in [0.1, 0.15) is 5.56 Å². The van der Waals surface area contributed by atoms with Gasteiger partial charge in [-0.3, -0.25) is 0 Å². The van der Waals surface area contributed by atoms with Crippen molar-refractivity contribution < 1.29 is 4.74 Å². The molecular weight excluding hydrogens is 274 g/mol. The smallest absolute Gasteiger partial charge is 0.217 e. The minimum absolute atomic E-state index is 0.653. The first-order valence-electron chi connectivity index (χ1n) is 3.01. The summed E-state index contributed by atoms with van der Waals surface area (Å²) >= 11 is 6.63. The molecule has 1 rings (SSSR count). The highest BCUT2D eigenvalue weighted by Crippen LogP contribution is 2.26. The van der Waals surface area contributed by atoms with E-state index >= 15 is 0 Å². The number of hydrogen-bond donors (Lipinski definition) is 0. The second-order valence-electron chi connectivity index (χ2n) is 2.09. The lowest BCUT2D eigenvalue weighted by atomic mass is 10.3. The van der Waals surface area contributed by atoms with Crippen molar-refractivity contribution >= 4 is 31.9 Å². The van der Waals surface area contributed by atoms with E-state index in [-0.39, 0.29) is 0 Å². The minimum atomic E-state index is 0.653. The van der Waals surface area contributed by atoms with E-state index in [2.05, 4.69) is 36.8 Å². The molecule has 0 aliphatic heterocycles. The Morgan fingerprint density at radius 3 is 2.64 bits per heavy atom. The standard InChI is InChI=1S/C7H7Br2NO/c1-4-3-5(8)6(9)10-7(4)11-2/h3H,1-2H3. The van der Waals surface area contributed by atoms with Crippen molar-refractivity contribution in [3.63, 3.8) is 0 Å². The van der Waals surface area contributed by atoms with Gasteiger partial charge in [0.15, 0.2) is 0 Å². The molecule has 0 saturated heterocycles. The van der Waals surface area contributed by atoms with E-state index in [1.54, 1.807) is 7.11 Å². The number of methoxy groups -OCH3 is 1. The van der Waals surface area contributed by atoms with Crippen molar-refractivity contribution in [1.29, 1.82) is 0 Å². The SMILES string of the molecule is COc1nc(Br)c(Br)cc1C. The van der Waals surface area contributed by atoms with E-state index in [1.807, 2.05) is 13.0 Å². The molecule has 60 valence electrons. The molecule has 0 bridgehead atoms. The highest BCUT2D eigenvalue weighted by atomic mass is 79.9. The zero-order valence-corrected chi connectivity index (χ0v) is 9.36. The molecule has 1 aromatic heterocycles. The van der Waals surface area contributed by atoms with Gasteiger partial charge in [-0.2, -0.15) is 0 Å². The predicted molar refractivity (Wildman–Crippen MR) is 50.9 cm³/mol. The average Bonchev–Trinajstić information content (AvgIpc) is 1.97. The number of ether oxygens (including phenoxy) is 1. The van der Waals surface area contributed by atoms with Crippen LogP contribution in [0.5, 0.6) is 5.88 Å². The molecule has 0 amide bonds. The van der Waals surface area contributed by atoms with Crippen LogP contribution in [0.15, 0.2) is 15.1 Å². The molecule has 0 N–H and O–H groups in total. The highest BCUT2D eigenvalue weighted by molar-refractivity contribution is 9.13. The summed E-state index contributed by atoms with van der Waals surface area (Å²) in [4.78, 5) is 4.14. The molecule has 0 unspecified atom stereocenters. The second-order valence-corrected chi connectivity index (χ2v) is 3.69. The molecular formula is C7H7Br2NO. The summed E-state index contributed by atoms with van der Waals surface area (Å²) in [5, 5.41) is 0. The van der Waals surface area contributed by atoms with Gasteiger partial charge >= 0.3 is 0 Å². The van der Waals surface area contributed by atoms with Crippen LogP contribution in [0.2, 0.25) is 0 Å². The maximum Gasteiger partial charge on any atom is 0.217 e.